The number of aryl methyl sites for hydroxylation is 1. The number of nitrogens with zero attached hydrogens (tertiary/aromatic N) is 1. The maximum absolute atomic E-state index is 4.68. The molecule has 18 heavy (non-hydrogen) atoms. The lowest BCUT2D eigenvalue weighted by atomic mass is 10.1. The molecule has 1 saturated heterocycles. The summed E-state index contributed by atoms with van der Waals surface area (Å²) in [5, 5.41) is 5.22. The maximum atomic E-state index is 4.68. The van der Waals surface area contributed by atoms with Crippen LogP contribution in [0.15, 0.2) is 29.3 Å². The second-order valence-electron chi connectivity index (χ2n) is 5.00. The number of thioether (sulfide) groups is 1. The van der Waals surface area contributed by atoms with Crippen LogP contribution >= 0.6 is 11.8 Å². The predicted octanol–water partition coefficient (Wildman–Crippen LogP) is 3.61. The Kier molecular flexibility index (Phi) is 4.70. The van der Waals surface area contributed by atoms with E-state index in [-0.39, 0.29) is 0 Å². The van der Waals surface area contributed by atoms with Crippen LogP contribution in [-0.2, 0) is 13.0 Å². The van der Waals surface area contributed by atoms with Gasteiger partial charge in [-0.15, -0.1) is 0 Å². The molecule has 1 N–H and O–H groups in total. The molecule has 0 saturated carbocycles. The van der Waals surface area contributed by atoms with E-state index in [0.717, 1.165) is 18.1 Å². The molecule has 2 rings (SSSR count). The van der Waals surface area contributed by atoms with Gasteiger partial charge in [0, 0.05) is 11.3 Å². The van der Waals surface area contributed by atoms with Gasteiger partial charge in [0.05, 0.1) is 6.54 Å². The van der Waals surface area contributed by atoms with Gasteiger partial charge in [0.15, 0.2) is 5.17 Å². The minimum atomic E-state index is 0.544. The van der Waals surface area contributed by atoms with Gasteiger partial charge in [-0.2, -0.15) is 0 Å². The molecule has 0 aliphatic carbocycles. The Morgan fingerprint density at radius 3 is 2.50 bits per heavy atom. The molecular formula is C15H22N2S. The third-order valence-corrected chi connectivity index (χ3v) is 4.27. The van der Waals surface area contributed by atoms with Crippen LogP contribution in [0.2, 0.25) is 0 Å². The molecular weight excluding hydrogens is 240 g/mol. The summed E-state index contributed by atoms with van der Waals surface area (Å²) in [6.07, 6.45) is 2.32. The first-order valence-corrected chi connectivity index (χ1v) is 7.60. The van der Waals surface area contributed by atoms with Gasteiger partial charge < -0.3 is 5.32 Å². The van der Waals surface area contributed by atoms with E-state index in [1.807, 2.05) is 11.8 Å². The molecule has 2 atom stereocenters. The van der Waals surface area contributed by atoms with Crippen molar-refractivity contribution in [2.24, 2.45) is 4.99 Å². The molecule has 0 bridgehead atoms. The highest BCUT2D eigenvalue weighted by Crippen LogP contribution is 2.22. The highest BCUT2D eigenvalue weighted by molar-refractivity contribution is 8.14. The number of nitrogens with one attached hydrogen (secondary N) is 1. The first-order chi connectivity index (χ1) is 8.67. The van der Waals surface area contributed by atoms with Crippen LogP contribution < -0.4 is 5.32 Å². The smallest absolute Gasteiger partial charge is 0.157 e. The van der Waals surface area contributed by atoms with Gasteiger partial charge in [0.2, 0.25) is 0 Å². The summed E-state index contributed by atoms with van der Waals surface area (Å²) in [5.74, 6) is 0. The fourth-order valence-corrected chi connectivity index (χ4v) is 3.34. The molecule has 1 heterocycles. The monoisotopic (exact) mass is 262 g/mol. The van der Waals surface area contributed by atoms with Gasteiger partial charge >= 0.3 is 0 Å². The van der Waals surface area contributed by atoms with Crippen LogP contribution in [0.25, 0.3) is 0 Å². The lowest BCUT2D eigenvalue weighted by Crippen LogP contribution is -2.38. The molecule has 0 radical (unpaired) electrons. The zero-order valence-electron chi connectivity index (χ0n) is 11.4. The highest BCUT2D eigenvalue weighted by atomic mass is 32.2. The molecule has 98 valence electrons. The molecule has 0 amide bonds. The largest absolute Gasteiger partial charge is 0.362 e. The first-order valence-electron chi connectivity index (χ1n) is 6.73. The van der Waals surface area contributed by atoms with E-state index < -0.39 is 0 Å². The van der Waals surface area contributed by atoms with Crippen molar-refractivity contribution in [3.05, 3.63) is 35.4 Å². The zero-order chi connectivity index (χ0) is 13.0. The molecule has 3 heteroatoms. The molecule has 0 aromatic heterocycles. The van der Waals surface area contributed by atoms with E-state index in [4.69, 9.17) is 0 Å². The zero-order valence-corrected chi connectivity index (χ0v) is 12.3. The summed E-state index contributed by atoms with van der Waals surface area (Å²) in [6.45, 7) is 7.45. The van der Waals surface area contributed by atoms with Crippen molar-refractivity contribution in [3.8, 4) is 0 Å². The summed E-state index contributed by atoms with van der Waals surface area (Å²) in [5.41, 5.74) is 2.67. The van der Waals surface area contributed by atoms with Crippen molar-refractivity contribution < 1.29 is 0 Å². The molecule has 1 aromatic rings. The van der Waals surface area contributed by atoms with Gasteiger partial charge in [-0.1, -0.05) is 49.9 Å². The fraction of sp³-hybridized carbons (Fsp3) is 0.533. The lowest BCUT2D eigenvalue weighted by molar-refractivity contribution is 0.597. The SMILES string of the molecule is CCc1ccc(CN=C2NC(C)CC(C)S2)cc1. The summed E-state index contributed by atoms with van der Waals surface area (Å²) < 4.78 is 0. The number of aliphatic imine (C=N–C) groups is 1. The van der Waals surface area contributed by atoms with Crippen molar-refractivity contribution in [2.45, 2.75) is 51.4 Å². The molecule has 2 nitrogen and oxygen atoms in total. The molecule has 2 unspecified atom stereocenters. The van der Waals surface area contributed by atoms with Crippen molar-refractivity contribution in [1.82, 2.24) is 5.32 Å². The first kappa shape index (κ1) is 13.5. The van der Waals surface area contributed by atoms with Gasteiger partial charge in [0.25, 0.3) is 0 Å². The fourth-order valence-electron chi connectivity index (χ4n) is 2.17. The third kappa shape index (κ3) is 3.77. The summed E-state index contributed by atoms with van der Waals surface area (Å²) in [6, 6.07) is 9.30. The Morgan fingerprint density at radius 2 is 1.89 bits per heavy atom. The van der Waals surface area contributed by atoms with E-state index in [2.05, 4.69) is 55.3 Å². The van der Waals surface area contributed by atoms with Crippen molar-refractivity contribution >= 4 is 16.9 Å². The van der Waals surface area contributed by atoms with E-state index >= 15 is 0 Å². The lowest BCUT2D eigenvalue weighted by Gasteiger charge is -2.26. The number of benzene rings is 1. The van der Waals surface area contributed by atoms with Gasteiger partial charge in [-0.25, -0.2) is 0 Å². The summed E-state index contributed by atoms with van der Waals surface area (Å²) in [7, 11) is 0. The number of hydrogen-bond acceptors (Lipinski definition) is 2. The molecule has 0 spiro atoms. The van der Waals surface area contributed by atoms with Crippen molar-refractivity contribution in [1.29, 1.82) is 0 Å². The summed E-state index contributed by atoms with van der Waals surface area (Å²) in [4.78, 5) is 4.68. The Hall–Kier alpha value is -0.960. The second kappa shape index (κ2) is 6.28. The van der Waals surface area contributed by atoms with Gasteiger partial charge in [-0.3, -0.25) is 4.99 Å². The Labute approximate surface area is 114 Å². The van der Waals surface area contributed by atoms with Crippen LogP contribution in [0.1, 0.15) is 38.3 Å². The molecule has 1 aliphatic heterocycles. The summed E-state index contributed by atoms with van der Waals surface area (Å²) >= 11 is 1.86. The Balaban J connectivity index is 1.96. The average Bonchev–Trinajstić information content (AvgIpc) is 2.36. The average molecular weight is 262 g/mol. The van der Waals surface area contributed by atoms with Gasteiger partial charge in [-0.05, 0) is 30.9 Å². The Morgan fingerprint density at radius 1 is 1.22 bits per heavy atom. The maximum Gasteiger partial charge on any atom is 0.157 e. The third-order valence-electron chi connectivity index (χ3n) is 3.20. The Bertz CT molecular complexity index is 399. The van der Waals surface area contributed by atoms with Crippen molar-refractivity contribution in [3.63, 3.8) is 0 Å². The molecule has 1 aromatic carbocycles. The van der Waals surface area contributed by atoms with Crippen molar-refractivity contribution in [2.75, 3.05) is 0 Å². The van der Waals surface area contributed by atoms with E-state index in [0.29, 0.717) is 11.3 Å². The minimum Gasteiger partial charge on any atom is -0.362 e. The number of hydrogen-bond donors (Lipinski definition) is 1. The standard InChI is InChI=1S/C15H22N2S/c1-4-13-5-7-14(8-6-13)10-16-15-17-11(2)9-12(3)18-15/h5-8,11-12H,4,9-10H2,1-3H3,(H,16,17). The van der Waals surface area contributed by atoms with E-state index in [1.54, 1.807) is 0 Å². The normalized spacial score (nSPS) is 26.1. The van der Waals surface area contributed by atoms with E-state index in [9.17, 15) is 0 Å². The highest BCUT2D eigenvalue weighted by Gasteiger charge is 2.19. The number of amidine groups is 1. The quantitative estimate of drug-likeness (QED) is 0.900. The second-order valence-corrected chi connectivity index (χ2v) is 6.43. The predicted molar refractivity (Wildman–Crippen MR) is 81.2 cm³/mol. The van der Waals surface area contributed by atoms with Crippen LogP contribution in [0.4, 0.5) is 0 Å². The molecule has 1 fully saturated rings. The minimum absolute atomic E-state index is 0.544. The topological polar surface area (TPSA) is 24.4 Å². The van der Waals surface area contributed by atoms with Crippen LogP contribution in [-0.4, -0.2) is 16.5 Å². The molecule has 1 aliphatic rings. The van der Waals surface area contributed by atoms with Crippen LogP contribution in [0, 0.1) is 0 Å². The number of rotatable bonds is 3. The van der Waals surface area contributed by atoms with Crippen LogP contribution in [0.3, 0.4) is 0 Å². The van der Waals surface area contributed by atoms with Crippen LogP contribution in [0.5, 0.6) is 0 Å². The van der Waals surface area contributed by atoms with E-state index in [1.165, 1.54) is 17.5 Å². The van der Waals surface area contributed by atoms with Gasteiger partial charge in [0.1, 0.15) is 0 Å².